The molecule has 3 heterocycles. The Morgan fingerprint density at radius 1 is 1.11 bits per heavy atom. The molecule has 0 amide bonds. The summed E-state index contributed by atoms with van der Waals surface area (Å²) in [7, 11) is 0. The maximum atomic E-state index is 12.8. The van der Waals surface area contributed by atoms with Crippen molar-refractivity contribution < 1.29 is 13.9 Å². The van der Waals surface area contributed by atoms with Gasteiger partial charge in [-0.15, -0.1) is 0 Å². The van der Waals surface area contributed by atoms with Crippen LogP contribution in [0, 0.1) is 13.8 Å². The lowest BCUT2D eigenvalue weighted by atomic mass is 9.82. The Kier molecular flexibility index (Phi) is 3.91. The van der Waals surface area contributed by atoms with Crippen molar-refractivity contribution in [3.05, 3.63) is 52.0 Å². The van der Waals surface area contributed by atoms with E-state index in [0.29, 0.717) is 23.0 Å². The number of hydrogen-bond donors (Lipinski definition) is 0. The summed E-state index contributed by atoms with van der Waals surface area (Å²) in [5.41, 5.74) is 4.03. The molecular weight excluding hydrogens is 376 g/mol. The quantitative estimate of drug-likeness (QED) is 0.572. The number of ether oxygens (including phenoxy) is 1. The van der Waals surface area contributed by atoms with Crippen LogP contribution in [0.5, 0.6) is 5.75 Å². The number of benzene rings is 2. The van der Waals surface area contributed by atoms with E-state index in [1.807, 2.05) is 32.0 Å². The number of piperidine rings is 1. The molecule has 5 rings (SSSR count). The number of nitrogens with zero attached hydrogens (tertiary/aromatic N) is 2. The number of fused-ring (bicyclic) bond motifs is 2. The largest absolute Gasteiger partial charge is 0.486 e. The summed E-state index contributed by atoms with van der Waals surface area (Å²) in [6, 6.07) is 10.00. The van der Waals surface area contributed by atoms with E-state index in [-0.39, 0.29) is 5.78 Å². The molecule has 1 spiro atoms. The first kappa shape index (κ1) is 17.6. The van der Waals surface area contributed by atoms with Gasteiger partial charge in [0, 0.05) is 31.0 Å². The molecule has 1 aromatic heterocycles. The molecule has 6 heteroatoms. The lowest BCUT2D eigenvalue weighted by Crippen LogP contribution is -2.51. The molecule has 0 radical (unpaired) electrons. The Morgan fingerprint density at radius 2 is 1.86 bits per heavy atom. The molecule has 3 aromatic rings. The molecule has 0 bridgehead atoms. The van der Waals surface area contributed by atoms with Crippen molar-refractivity contribution in [1.82, 2.24) is 4.98 Å². The van der Waals surface area contributed by atoms with Crippen LogP contribution in [0.15, 0.2) is 34.7 Å². The van der Waals surface area contributed by atoms with E-state index in [1.54, 1.807) is 12.1 Å². The van der Waals surface area contributed by atoms with Crippen molar-refractivity contribution in [2.45, 2.75) is 38.7 Å². The smallest absolute Gasteiger partial charge is 0.298 e. The predicted octanol–water partition coefficient (Wildman–Crippen LogP) is 5.10. The van der Waals surface area contributed by atoms with Gasteiger partial charge in [0.05, 0.1) is 12.0 Å². The Labute approximate surface area is 168 Å². The Bertz CT molecular complexity index is 1100. The molecule has 0 aliphatic carbocycles. The van der Waals surface area contributed by atoms with Crippen LogP contribution in [0.4, 0.5) is 6.01 Å². The van der Waals surface area contributed by atoms with Gasteiger partial charge in [-0.2, -0.15) is 4.98 Å². The van der Waals surface area contributed by atoms with Gasteiger partial charge >= 0.3 is 0 Å². The van der Waals surface area contributed by atoms with Gasteiger partial charge in [0.1, 0.15) is 16.9 Å². The topological polar surface area (TPSA) is 55.6 Å². The van der Waals surface area contributed by atoms with Gasteiger partial charge in [-0.1, -0.05) is 11.6 Å². The SMILES string of the molecule is Cc1cc2c(cc1C)C(=O)CC1(CCN(c3nc4cc(Cl)ccc4o3)CC1)O2. The second-order valence-electron chi connectivity index (χ2n) is 7.91. The molecule has 1 fully saturated rings. The standard InChI is InChI=1S/C22H21ClN2O3/c1-13-9-16-18(26)12-22(28-20(16)10-14(13)2)5-7-25(8-6-22)21-24-17-11-15(23)3-4-19(17)27-21/h3-4,9-11H,5-8,12H2,1-2H3. The average molecular weight is 397 g/mol. The fraction of sp³-hybridized carbons (Fsp3) is 0.364. The molecule has 2 aliphatic rings. The first-order valence-electron chi connectivity index (χ1n) is 9.57. The van der Waals surface area contributed by atoms with Crippen molar-refractivity contribution in [3.63, 3.8) is 0 Å². The highest BCUT2D eigenvalue weighted by atomic mass is 35.5. The van der Waals surface area contributed by atoms with Gasteiger partial charge in [-0.05, 0) is 55.3 Å². The first-order chi connectivity index (χ1) is 13.4. The van der Waals surface area contributed by atoms with Gasteiger partial charge in [-0.3, -0.25) is 4.79 Å². The van der Waals surface area contributed by atoms with E-state index >= 15 is 0 Å². The van der Waals surface area contributed by atoms with Gasteiger partial charge in [0.2, 0.25) is 0 Å². The Morgan fingerprint density at radius 3 is 2.64 bits per heavy atom. The van der Waals surface area contributed by atoms with E-state index in [0.717, 1.165) is 53.9 Å². The summed E-state index contributed by atoms with van der Waals surface area (Å²) >= 11 is 6.04. The molecule has 5 nitrogen and oxygen atoms in total. The van der Waals surface area contributed by atoms with Crippen LogP contribution in [-0.4, -0.2) is 29.5 Å². The second kappa shape index (κ2) is 6.24. The number of aryl methyl sites for hydroxylation is 2. The minimum atomic E-state index is -0.433. The summed E-state index contributed by atoms with van der Waals surface area (Å²) in [4.78, 5) is 19.5. The van der Waals surface area contributed by atoms with E-state index < -0.39 is 5.60 Å². The molecule has 0 unspecified atom stereocenters. The highest BCUT2D eigenvalue weighted by Gasteiger charge is 2.43. The minimum absolute atomic E-state index is 0.175. The van der Waals surface area contributed by atoms with E-state index in [1.165, 1.54) is 0 Å². The molecule has 2 aliphatic heterocycles. The number of hydrogen-bond acceptors (Lipinski definition) is 5. The van der Waals surface area contributed by atoms with Crippen LogP contribution in [0.25, 0.3) is 11.1 Å². The number of aromatic nitrogens is 1. The second-order valence-corrected chi connectivity index (χ2v) is 8.35. The molecular formula is C22H21ClN2O3. The number of anilines is 1. The summed E-state index contributed by atoms with van der Waals surface area (Å²) in [5, 5.41) is 0.642. The van der Waals surface area contributed by atoms with Crippen molar-refractivity contribution in [3.8, 4) is 5.75 Å². The van der Waals surface area contributed by atoms with E-state index in [4.69, 9.17) is 20.8 Å². The third-order valence-corrected chi connectivity index (χ3v) is 6.22. The lowest BCUT2D eigenvalue weighted by Gasteiger charge is -2.43. The highest BCUT2D eigenvalue weighted by molar-refractivity contribution is 6.31. The average Bonchev–Trinajstić information content (AvgIpc) is 3.07. The summed E-state index contributed by atoms with van der Waals surface area (Å²) in [5.74, 6) is 0.901. The maximum absolute atomic E-state index is 12.8. The number of halogens is 1. The molecule has 144 valence electrons. The van der Waals surface area contributed by atoms with Crippen LogP contribution in [0.1, 0.15) is 40.7 Å². The highest BCUT2D eigenvalue weighted by Crippen LogP contribution is 2.41. The van der Waals surface area contributed by atoms with Crippen LogP contribution in [-0.2, 0) is 0 Å². The zero-order valence-electron chi connectivity index (χ0n) is 15.9. The monoisotopic (exact) mass is 396 g/mol. The predicted molar refractivity (Wildman–Crippen MR) is 109 cm³/mol. The van der Waals surface area contributed by atoms with Gasteiger partial charge < -0.3 is 14.1 Å². The molecule has 2 aromatic carbocycles. The van der Waals surface area contributed by atoms with Gasteiger partial charge in [-0.25, -0.2) is 0 Å². The molecule has 28 heavy (non-hydrogen) atoms. The third-order valence-electron chi connectivity index (χ3n) is 5.99. The van der Waals surface area contributed by atoms with Crippen LogP contribution < -0.4 is 9.64 Å². The summed E-state index contributed by atoms with van der Waals surface area (Å²) in [6.07, 6.45) is 1.94. The number of rotatable bonds is 1. The number of carbonyl (C=O) groups is 1. The fourth-order valence-corrected chi connectivity index (χ4v) is 4.32. The zero-order valence-corrected chi connectivity index (χ0v) is 16.7. The summed E-state index contributed by atoms with van der Waals surface area (Å²) in [6.45, 7) is 5.54. The Hall–Kier alpha value is -2.53. The Balaban J connectivity index is 1.37. The van der Waals surface area contributed by atoms with Gasteiger partial charge in [0.25, 0.3) is 6.01 Å². The van der Waals surface area contributed by atoms with Gasteiger partial charge in [0.15, 0.2) is 11.4 Å². The number of oxazole rings is 1. The van der Waals surface area contributed by atoms with Crippen LogP contribution >= 0.6 is 11.6 Å². The van der Waals surface area contributed by atoms with Crippen LogP contribution in [0.3, 0.4) is 0 Å². The molecule has 0 saturated carbocycles. The molecule has 1 saturated heterocycles. The summed E-state index contributed by atoms with van der Waals surface area (Å²) < 4.78 is 12.3. The normalized spacial score (nSPS) is 18.4. The van der Waals surface area contributed by atoms with Crippen molar-refractivity contribution in [2.75, 3.05) is 18.0 Å². The number of Topliss-reactive ketones (excluding diaryl/α,β-unsaturated/α-hetero) is 1. The first-order valence-corrected chi connectivity index (χ1v) is 9.95. The van der Waals surface area contributed by atoms with E-state index in [2.05, 4.69) is 9.88 Å². The third kappa shape index (κ3) is 2.85. The lowest BCUT2D eigenvalue weighted by molar-refractivity contribution is 0.0226. The fourth-order valence-electron chi connectivity index (χ4n) is 4.16. The zero-order chi connectivity index (χ0) is 19.5. The van der Waals surface area contributed by atoms with Crippen molar-refractivity contribution in [1.29, 1.82) is 0 Å². The maximum Gasteiger partial charge on any atom is 0.298 e. The number of carbonyl (C=O) groups excluding carboxylic acids is 1. The van der Waals surface area contributed by atoms with E-state index in [9.17, 15) is 4.79 Å². The van der Waals surface area contributed by atoms with Crippen LogP contribution in [0.2, 0.25) is 5.02 Å². The molecule has 0 N–H and O–H groups in total. The number of ketones is 1. The van der Waals surface area contributed by atoms with Crippen molar-refractivity contribution >= 4 is 34.5 Å². The molecule has 0 atom stereocenters. The van der Waals surface area contributed by atoms with Crippen molar-refractivity contribution in [2.24, 2.45) is 0 Å². The minimum Gasteiger partial charge on any atom is -0.486 e.